The van der Waals surface area contributed by atoms with Gasteiger partial charge in [0.15, 0.2) is 0 Å². The van der Waals surface area contributed by atoms with Crippen LogP contribution in [0.15, 0.2) is 16.3 Å². The summed E-state index contributed by atoms with van der Waals surface area (Å²) in [5, 5.41) is 0. The molecule has 0 radical (unpaired) electrons. The van der Waals surface area contributed by atoms with E-state index in [4.69, 9.17) is 5.73 Å². The molecule has 0 aromatic rings. The van der Waals surface area contributed by atoms with Gasteiger partial charge in [0.2, 0.25) is 0 Å². The summed E-state index contributed by atoms with van der Waals surface area (Å²) in [6.45, 7) is 4.71. The maximum Gasteiger partial charge on any atom is 0.0380 e. The van der Waals surface area contributed by atoms with Crippen LogP contribution in [0.25, 0.3) is 0 Å². The summed E-state index contributed by atoms with van der Waals surface area (Å²) < 4.78 is 0. The quantitative estimate of drug-likeness (QED) is 0.558. The van der Waals surface area contributed by atoms with Gasteiger partial charge in [0.05, 0.1) is 0 Å². The van der Waals surface area contributed by atoms with Gasteiger partial charge >= 0.3 is 0 Å². The molecular formula is C7H12N2. The normalized spacial score (nSPS) is 18.8. The number of nitrogens with zero attached hydrogens (tertiary/aromatic N) is 1. The molecule has 0 bridgehead atoms. The molecule has 2 nitrogen and oxygen atoms in total. The van der Waals surface area contributed by atoms with Gasteiger partial charge in [0, 0.05) is 24.4 Å². The maximum atomic E-state index is 5.46. The van der Waals surface area contributed by atoms with Crippen LogP contribution in [0.5, 0.6) is 0 Å². The summed E-state index contributed by atoms with van der Waals surface area (Å²) in [6.07, 6.45) is 0.988. The molecule has 2 heteroatoms. The van der Waals surface area contributed by atoms with Crippen LogP contribution in [0.1, 0.15) is 20.3 Å². The average molecular weight is 124 g/mol. The van der Waals surface area contributed by atoms with E-state index in [0.717, 1.165) is 12.1 Å². The van der Waals surface area contributed by atoms with Gasteiger partial charge in [-0.3, -0.25) is 4.99 Å². The van der Waals surface area contributed by atoms with Gasteiger partial charge in [-0.1, -0.05) is 0 Å². The second kappa shape index (κ2) is 2.31. The monoisotopic (exact) mass is 124 g/mol. The Labute approximate surface area is 55.5 Å². The first-order valence-electron chi connectivity index (χ1n) is 3.17. The first-order chi connectivity index (χ1) is 4.24. The molecule has 0 aliphatic carbocycles. The minimum Gasteiger partial charge on any atom is -0.327 e. The van der Waals surface area contributed by atoms with Crippen molar-refractivity contribution in [3.8, 4) is 0 Å². The van der Waals surface area contributed by atoms with E-state index in [1.165, 1.54) is 11.3 Å². The fraction of sp³-hybridized carbons (Fsp3) is 0.571. The molecular weight excluding hydrogens is 112 g/mol. The van der Waals surface area contributed by atoms with Gasteiger partial charge < -0.3 is 5.73 Å². The Balaban J connectivity index is 2.72. The standard InChI is InChI=1S/C7H12N2/c1-5-3-7(4-8)6(2)9-5/h3-4,8H2,1-2H3. The molecule has 0 spiro atoms. The fourth-order valence-electron chi connectivity index (χ4n) is 1.06. The molecule has 50 valence electrons. The third kappa shape index (κ3) is 1.19. The number of allylic oxidation sites excluding steroid dienone is 1. The van der Waals surface area contributed by atoms with Crippen LogP contribution < -0.4 is 5.73 Å². The molecule has 0 fully saturated rings. The van der Waals surface area contributed by atoms with E-state index in [1.807, 2.05) is 13.8 Å². The Kier molecular flexibility index (Phi) is 1.67. The topological polar surface area (TPSA) is 38.4 Å². The van der Waals surface area contributed by atoms with Crippen molar-refractivity contribution >= 4 is 5.71 Å². The fourth-order valence-corrected chi connectivity index (χ4v) is 1.06. The van der Waals surface area contributed by atoms with Gasteiger partial charge in [-0.15, -0.1) is 0 Å². The van der Waals surface area contributed by atoms with Crippen molar-refractivity contribution in [2.24, 2.45) is 10.7 Å². The lowest BCUT2D eigenvalue weighted by atomic mass is 10.1. The second-order valence-electron chi connectivity index (χ2n) is 2.42. The highest BCUT2D eigenvalue weighted by Crippen LogP contribution is 2.17. The Bertz CT molecular complexity index is 177. The maximum absolute atomic E-state index is 5.46. The van der Waals surface area contributed by atoms with Crippen LogP contribution in [0.3, 0.4) is 0 Å². The lowest BCUT2D eigenvalue weighted by Gasteiger charge is -1.94. The lowest BCUT2D eigenvalue weighted by molar-refractivity contribution is 1.07. The molecule has 0 atom stereocenters. The molecule has 1 heterocycles. The second-order valence-corrected chi connectivity index (χ2v) is 2.42. The van der Waals surface area contributed by atoms with Gasteiger partial charge in [0.25, 0.3) is 0 Å². The van der Waals surface area contributed by atoms with Crippen LogP contribution in [0.4, 0.5) is 0 Å². The number of hydrogen-bond acceptors (Lipinski definition) is 2. The number of rotatable bonds is 1. The van der Waals surface area contributed by atoms with Gasteiger partial charge in [0.1, 0.15) is 0 Å². The summed E-state index contributed by atoms with van der Waals surface area (Å²) in [7, 11) is 0. The Hall–Kier alpha value is -0.630. The van der Waals surface area contributed by atoms with E-state index < -0.39 is 0 Å². The van der Waals surface area contributed by atoms with E-state index in [2.05, 4.69) is 4.99 Å². The van der Waals surface area contributed by atoms with E-state index in [9.17, 15) is 0 Å². The predicted octanol–water partition coefficient (Wildman–Crippen LogP) is 1.08. The van der Waals surface area contributed by atoms with Crippen LogP contribution in [-0.2, 0) is 0 Å². The van der Waals surface area contributed by atoms with E-state index in [-0.39, 0.29) is 0 Å². The van der Waals surface area contributed by atoms with Gasteiger partial charge in [-0.05, 0) is 19.4 Å². The summed E-state index contributed by atoms with van der Waals surface area (Å²) in [4.78, 5) is 4.26. The Morgan fingerprint density at radius 3 is 2.44 bits per heavy atom. The van der Waals surface area contributed by atoms with Gasteiger partial charge in [-0.25, -0.2) is 0 Å². The van der Waals surface area contributed by atoms with Crippen molar-refractivity contribution in [2.75, 3.05) is 6.54 Å². The minimum absolute atomic E-state index is 0.659. The van der Waals surface area contributed by atoms with Crippen molar-refractivity contribution < 1.29 is 0 Å². The third-order valence-corrected chi connectivity index (χ3v) is 1.59. The average Bonchev–Trinajstić information content (AvgIpc) is 2.10. The van der Waals surface area contributed by atoms with E-state index in [1.54, 1.807) is 0 Å². The lowest BCUT2D eigenvalue weighted by Crippen LogP contribution is -2.03. The zero-order chi connectivity index (χ0) is 6.85. The predicted molar refractivity (Wildman–Crippen MR) is 39.5 cm³/mol. The largest absolute Gasteiger partial charge is 0.327 e. The molecule has 0 saturated heterocycles. The molecule has 2 N–H and O–H groups in total. The molecule has 1 aliphatic heterocycles. The van der Waals surface area contributed by atoms with E-state index >= 15 is 0 Å². The first kappa shape index (κ1) is 6.49. The number of aliphatic imine (C=N–C) groups is 1. The molecule has 0 aromatic heterocycles. The number of nitrogens with two attached hydrogens (primary N) is 1. The van der Waals surface area contributed by atoms with Crippen molar-refractivity contribution in [3.63, 3.8) is 0 Å². The van der Waals surface area contributed by atoms with Crippen molar-refractivity contribution in [3.05, 3.63) is 11.3 Å². The SMILES string of the molecule is CC1=NC(C)=C(CN)C1. The van der Waals surface area contributed by atoms with Gasteiger partial charge in [-0.2, -0.15) is 0 Å². The van der Waals surface area contributed by atoms with Crippen LogP contribution in [-0.4, -0.2) is 12.3 Å². The molecule has 9 heavy (non-hydrogen) atoms. The summed E-state index contributed by atoms with van der Waals surface area (Å²) in [6, 6.07) is 0. The Morgan fingerprint density at radius 1 is 1.56 bits per heavy atom. The van der Waals surface area contributed by atoms with Crippen LogP contribution >= 0.6 is 0 Å². The minimum atomic E-state index is 0.659. The molecule has 0 saturated carbocycles. The summed E-state index contributed by atoms with van der Waals surface area (Å²) >= 11 is 0. The smallest absolute Gasteiger partial charge is 0.0380 e. The highest BCUT2D eigenvalue weighted by atomic mass is 14.8. The Morgan fingerprint density at radius 2 is 2.22 bits per heavy atom. The van der Waals surface area contributed by atoms with Crippen molar-refractivity contribution in [1.82, 2.24) is 0 Å². The van der Waals surface area contributed by atoms with E-state index in [0.29, 0.717) is 6.54 Å². The van der Waals surface area contributed by atoms with Crippen molar-refractivity contribution in [2.45, 2.75) is 20.3 Å². The molecule has 0 unspecified atom stereocenters. The zero-order valence-electron chi connectivity index (χ0n) is 5.94. The highest BCUT2D eigenvalue weighted by Gasteiger charge is 2.08. The van der Waals surface area contributed by atoms with Crippen molar-refractivity contribution in [1.29, 1.82) is 0 Å². The molecule has 0 aromatic carbocycles. The molecule has 1 aliphatic rings. The first-order valence-corrected chi connectivity index (χ1v) is 3.17. The van der Waals surface area contributed by atoms with Crippen LogP contribution in [0, 0.1) is 0 Å². The summed E-state index contributed by atoms with van der Waals surface area (Å²) in [5.41, 5.74) is 9.05. The molecule has 1 rings (SSSR count). The highest BCUT2D eigenvalue weighted by molar-refractivity contribution is 5.87. The van der Waals surface area contributed by atoms with Crippen LogP contribution in [0.2, 0.25) is 0 Å². The summed E-state index contributed by atoms with van der Waals surface area (Å²) in [5.74, 6) is 0. The zero-order valence-corrected chi connectivity index (χ0v) is 5.94. The number of hydrogen-bond donors (Lipinski definition) is 1. The third-order valence-electron chi connectivity index (χ3n) is 1.59. The molecule has 0 amide bonds.